The van der Waals surface area contributed by atoms with Gasteiger partial charge in [-0.1, -0.05) is 6.07 Å². The van der Waals surface area contributed by atoms with E-state index in [4.69, 9.17) is 0 Å². The van der Waals surface area contributed by atoms with Crippen LogP contribution in [0.3, 0.4) is 0 Å². The van der Waals surface area contributed by atoms with Crippen LogP contribution in [0.15, 0.2) is 24.4 Å². The van der Waals surface area contributed by atoms with E-state index in [1.807, 2.05) is 25.1 Å². The van der Waals surface area contributed by atoms with Gasteiger partial charge in [0.2, 0.25) is 5.91 Å². The van der Waals surface area contributed by atoms with Crippen LogP contribution in [0.5, 0.6) is 0 Å². The Morgan fingerprint density at radius 3 is 3.17 bits per heavy atom. The van der Waals surface area contributed by atoms with E-state index in [9.17, 15) is 4.79 Å². The minimum Gasteiger partial charge on any atom is -0.348 e. The van der Waals surface area contributed by atoms with Gasteiger partial charge in [-0.05, 0) is 50.9 Å². The van der Waals surface area contributed by atoms with Crippen molar-refractivity contribution < 1.29 is 4.79 Å². The Morgan fingerprint density at radius 1 is 1.61 bits per heavy atom. The van der Waals surface area contributed by atoms with Gasteiger partial charge in [0, 0.05) is 12.6 Å². The molecule has 1 saturated heterocycles. The second-order valence-electron chi connectivity index (χ2n) is 4.96. The number of rotatable bonds is 4. The number of hydrogen-bond acceptors (Lipinski definition) is 3. The van der Waals surface area contributed by atoms with E-state index in [2.05, 4.69) is 15.6 Å². The van der Waals surface area contributed by atoms with Crippen molar-refractivity contribution in [2.24, 2.45) is 5.92 Å². The lowest BCUT2D eigenvalue weighted by Crippen LogP contribution is -2.35. The summed E-state index contributed by atoms with van der Waals surface area (Å²) in [6, 6.07) is 5.74. The van der Waals surface area contributed by atoms with E-state index in [1.165, 1.54) is 6.42 Å². The van der Waals surface area contributed by atoms with Crippen LogP contribution in [0.25, 0.3) is 0 Å². The van der Waals surface area contributed by atoms with Gasteiger partial charge in [0.05, 0.1) is 11.7 Å². The summed E-state index contributed by atoms with van der Waals surface area (Å²) in [5.74, 6) is 0.608. The predicted octanol–water partition coefficient (Wildman–Crippen LogP) is 1.65. The Morgan fingerprint density at radius 2 is 2.50 bits per heavy atom. The first kappa shape index (κ1) is 13.0. The number of nitrogens with one attached hydrogen (secondary N) is 2. The number of carbonyl (C=O) groups excluding carboxylic acids is 1. The number of nitrogens with zero attached hydrogens (tertiary/aromatic N) is 1. The molecule has 1 aromatic rings. The van der Waals surface area contributed by atoms with Gasteiger partial charge < -0.3 is 10.6 Å². The van der Waals surface area contributed by atoms with Crippen molar-refractivity contribution in [2.45, 2.75) is 32.2 Å². The summed E-state index contributed by atoms with van der Waals surface area (Å²) in [4.78, 5) is 16.2. The van der Waals surface area contributed by atoms with Gasteiger partial charge in [-0.15, -0.1) is 0 Å². The first-order valence-electron chi connectivity index (χ1n) is 6.66. The average molecular weight is 247 g/mol. The quantitative estimate of drug-likeness (QED) is 0.850. The van der Waals surface area contributed by atoms with Crippen LogP contribution < -0.4 is 10.6 Å². The molecule has 0 spiro atoms. The van der Waals surface area contributed by atoms with Gasteiger partial charge in [-0.25, -0.2) is 0 Å². The third kappa shape index (κ3) is 3.81. The highest BCUT2D eigenvalue weighted by Crippen LogP contribution is 2.15. The molecule has 98 valence electrons. The average Bonchev–Trinajstić information content (AvgIpc) is 2.40. The summed E-state index contributed by atoms with van der Waals surface area (Å²) in [6.45, 7) is 4.02. The molecule has 1 aromatic heterocycles. The molecule has 0 saturated carbocycles. The molecule has 4 heteroatoms. The number of amides is 1. The van der Waals surface area contributed by atoms with Crippen LogP contribution in [-0.2, 0) is 4.79 Å². The monoisotopic (exact) mass is 247 g/mol. The minimum atomic E-state index is -0.0183. The van der Waals surface area contributed by atoms with E-state index in [0.29, 0.717) is 12.3 Å². The molecule has 2 N–H and O–H groups in total. The Balaban J connectivity index is 1.80. The second kappa shape index (κ2) is 6.50. The van der Waals surface area contributed by atoms with E-state index in [1.54, 1.807) is 6.20 Å². The molecular formula is C14H21N3O. The van der Waals surface area contributed by atoms with Crippen molar-refractivity contribution in [3.8, 4) is 0 Å². The molecule has 2 atom stereocenters. The number of aromatic nitrogens is 1. The van der Waals surface area contributed by atoms with Crippen molar-refractivity contribution in [2.75, 3.05) is 13.1 Å². The van der Waals surface area contributed by atoms with E-state index < -0.39 is 0 Å². The normalized spacial score (nSPS) is 21.3. The third-order valence-electron chi connectivity index (χ3n) is 3.38. The largest absolute Gasteiger partial charge is 0.348 e. The minimum absolute atomic E-state index is 0.0183. The highest BCUT2D eigenvalue weighted by molar-refractivity contribution is 5.76. The lowest BCUT2D eigenvalue weighted by atomic mass is 9.96. The maximum absolute atomic E-state index is 11.9. The number of hydrogen-bond donors (Lipinski definition) is 2. The van der Waals surface area contributed by atoms with Gasteiger partial charge in [0.25, 0.3) is 0 Å². The maximum atomic E-state index is 11.9. The van der Waals surface area contributed by atoms with Crippen molar-refractivity contribution in [1.82, 2.24) is 15.6 Å². The highest BCUT2D eigenvalue weighted by atomic mass is 16.1. The zero-order chi connectivity index (χ0) is 12.8. The summed E-state index contributed by atoms with van der Waals surface area (Å²) in [5, 5.41) is 6.35. The molecule has 1 fully saturated rings. The Hall–Kier alpha value is -1.42. The number of pyridine rings is 1. The lowest BCUT2D eigenvalue weighted by molar-refractivity contribution is -0.122. The smallest absolute Gasteiger partial charge is 0.220 e. The zero-order valence-electron chi connectivity index (χ0n) is 10.9. The fourth-order valence-electron chi connectivity index (χ4n) is 2.37. The SMILES string of the molecule is C[C@@H](NC(=O)CC1CCCNC1)c1ccccn1. The Labute approximate surface area is 108 Å². The molecule has 1 amide bonds. The van der Waals surface area contributed by atoms with Gasteiger partial charge >= 0.3 is 0 Å². The summed E-state index contributed by atoms with van der Waals surface area (Å²) in [6.07, 6.45) is 4.69. The maximum Gasteiger partial charge on any atom is 0.220 e. The number of piperidine rings is 1. The van der Waals surface area contributed by atoms with E-state index in [-0.39, 0.29) is 11.9 Å². The van der Waals surface area contributed by atoms with Crippen LogP contribution in [0, 0.1) is 5.92 Å². The second-order valence-corrected chi connectivity index (χ2v) is 4.96. The molecule has 2 rings (SSSR count). The van der Waals surface area contributed by atoms with Crippen molar-refractivity contribution in [1.29, 1.82) is 0 Å². The highest BCUT2D eigenvalue weighted by Gasteiger charge is 2.18. The molecule has 18 heavy (non-hydrogen) atoms. The molecule has 1 unspecified atom stereocenters. The molecular weight excluding hydrogens is 226 g/mol. The van der Waals surface area contributed by atoms with Gasteiger partial charge in [-0.3, -0.25) is 9.78 Å². The van der Waals surface area contributed by atoms with Crippen molar-refractivity contribution >= 4 is 5.91 Å². The van der Waals surface area contributed by atoms with Crippen LogP contribution in [-0.4, -0.2) is 24.0 Å². The van der Waals surface area contributed by atoms with Gasteiger partial charge in [-0.2, -0.15) is 0 Å². The molecule has 1 aliphatic heterocycles. The first-order valence-corrected chi connectivity index (χ1v) is 6.66. The molecule has 2 heterocycles. The summed E-state index contributed by atoms with van der Waals surface area (Å²) < 4.78 is 0. The molecule has 1 aliphatic rings. The number of carbonyl (C=O) groups is 1. The fourth-order valence-corrected chi connectivity index (χ4v) is 2.37. The van der Waals surface area contributed by atoms with Gasteiger partial charge in [0.15, 0.2) is 0 Å². The molecule has 0 bridgehead atoms. The Kier molecular flexibility index (Phi) is 4.70. The molecule has 0 aliphatic carbocycles. The van der Waals surface area contributed by atoms with Crippen molar-refractivity contribution in [3.05, 3.63) is 30.1 Å². The predicted molar refractivity (Wildman–Crippen MR) is 71.0 cm³/mol. The lowest BCUT2D eigenvalue weighted by Gasteiger charge is -2.23. The Bertz CT molecular complexity index is 374. The van der Waals surface area contributed by atoms with Crippen LogP contribution in [0.2, 0.25) is 0 Å². The third-order valence-corrected chi connectivity index (χ3v) is 3.38. The van der Waals surface area contributed by atoms with Crippen molar-refractivity contribution in [3.63, 3.8) is 0 Å². The van der Waals surface area contributed by atoms with Crippen LogP contribution in [0.1, 0.15) is 37.9 Å². The molecule has 0 radical (unpaired) electrons. The van der Waals surface area contributed by atoms with Gasteiger partial charge in [0.1, 0.15) is 0 Å². The zero-order valence-corrected chi connectivity index (χ0v) is 10.9. The topological polar surface area (TPSA) is 54.0 Å². The van der Waals surface area contributed by atoms with E-state index in [0.717, 1.165) is 25.2 Å². The van der Waals surface area contributed by atoms with Crippen LogP contribution >= 0.6 is 0 Å². The standard InChI is InChI=1S/C14H21N3O/c1-11(13-6-2-3-8-16-13)17-14(18)9-12-5-4-7-15-10-12/h2-3,6,8,11-12,15H,4-5,7,9-10H2,1H3,(H,17,18)/t11-,12?/m1/s1. The first-order chi connectivity index (χ1) is 8.75. The van der Waals surface area contributed by atoms with Crippen LogP contribution in [0.4, 0.5) is 0 Å². The molecule has 4 nitrogen and oxygen atoms in total. The summed E-state index contributed by atoms with van der Waals surface area (Å²) in [7, 11) is 0. The summed E-state index contributed by atoms with van der Waals surface area (Å²) >= 11 is 0. The van der Waals surface area contributed by atoms with E-state index >= 15 is 0 Å². The fraction of sp³-hybridized carbons (Fsp3) is 0.571. The summed E-state index contributed by atoms with van der Waals surface area (Å²) in [5.41, 5.74) is 0.910. The molecule has 0 aromatic carbocycles.